The van der Waals surface area contributed by atoms with Gasteiger partial charge in [-0.25, -0.2) is 9.18 Å². The zero-order chi connectivity index (χ0) is 31.6. The van der Waals surface area contributed by atoms with E-state index < -0.39 is 60.5 Å². The number of hydrogen-bond acceptors (Lipinski definition) is 8. The number of aliphatic hydroxyl groups is 1. The molecule has 0 fully saturated rings. The maximum atomic E-state index is 13.5. The summed E-state index contributed by atoms with van der Waals surface area (Å²) in [6, 6.07) is -0.720. The van der Waals surface area contributed by atoms with E-state index in [1.165, 1.54) is 14.2 Å². The second kappa shape index (κ2) is 16.3. The van der Waals surface area contributed by atoms with Crippen LogP contribution in [0.1, 0.15) is 53.4 Å². The number of carboxylic acid groups (broad SMARTS) is 1. The van der Waals surface area contributed by atoms with Gasteiger partial charge in [0, 0.05) is 43.9 Å². The normalized spacial score (nSPS) is 31.3. The molecule has 0 aromatic rings. The van der Waals surface area contributed by atoms with Gasteiger partial charge in [0.1, 0.15) is 6.67 Å². The van der Waals surface area contributed by atoms with Crippen LogP contribution in [0.3, 0.4) is 0 Å². The van der Waals surface area contributed by atoms with E-state index in [2.05, 4.69) is 16.0 Å². The van der Waals surface area contributed by atoms with Crippen molar-refractivity contribution < 1.29 is 43.3 Å². The van der Waals surface area contributed by atoms with Crippen molar-refractivity contribution in [2.75, 3.05) is 27.4 Å². The monoisotopic (exact) mass is 593 g/mol. The summed E-state index contributed by atoms with van der Waals surface area (Å²) >= 11 is 0. The van der Waals surface area contributed by atoms with Gasteiger partial charge in [-0.05, 0) is 45.4 Å². The largest absolute Gasteiger partial charge is 0.465 e. The molecule has 2 amide bonds. The second-order valence-corrected chi connectivity index (χ2v) is 10.9. The molecule has 6 atom stereocenters. The molecule has 1 heterocycles. The lowest BCUT2D eigenvalue weighted by molar-refractivity contribution is -0.120. The van der Waals surface area contributed by atoms with E-state index in [1.54, 1.807) is 32.9 Å². The van der Waals surface area contributed by atoms with Crippen LogP contribution >= 0.6 is 0 Å². The van der Waals surface area contributed by atoms with E-state index in [0.717, 1.165) is 6.08 Å². The average molecular weight is 594 g/mol. The summed E-state index contributed by atoms with van der Waals surface area (Å²) in [5.41, 5.74) is 0.870. The Bertz CT molecular complexity index is 1150. The van der Waals surface area contributed by atoms with Crippen LogP contribution in [0.25, 0.3) is 0 Å². The molecule has 0 saturated carbocycles. The summed E-state index contributed by atoms with van der Waals surface area (Å²) < 4.78 is 24.2. The van der Waals surface area contributed by atoms with Crippen LogP contribution in [0, 0.1) is 11.8 Å². The van der Waals surface area contributed by atoms with Gasteiger partial charge in [-0.2, -0.15) is 0 Å². The van der Waals surface area contributed by atoms with Crippen molar-refractivity contribution in [1.29, 1.82) is 0 Å². The maximum absolute atomic E-state index is 13.5. The predicted molar refractivity (Wildman–Crippen MR) is 154 cm³/mol. The molecule has 0 aromatic carbocycles. The van der Waals surface area contributed by atoms with Gasteiger partial charge in [-0.1, -0.05) is 31.6 Å². The molecular weight excluding hydrogens is 549 g/mol. The second-order valence-electron chi connectivity index (χ2n) is 10.9. The van der Waals surface area contributed by atoms with Crippen LogP contribution in [0.5, 0.6) is 0 Å². The highest BCUT2D eigenvalue weighted by atomic mass is 19.1. The molecule has 2 aliphatic rings. The van der Waals surface area contributed by atoms with Crippen molar-refractivity contribution in [3.63, 3.8) is 0 Å². The molecule has 0 saturated heterocycles. The van der Waals surface area contributed by atoms with Gasteiger partial charge in [-0.3, -0.25) is 14.4 Å². The number of allylic oxidation sites excluding steroid dienone is 3. The standard InChI is InChI=1S/C30H44FN3O8/c1-16-12-20-26(32-11-10-31)22(35)15-21(28(20)37)33-29(38)17(2)8-7-9-23(41-5)25(34-30(39)40)18(3)14-19(4)27(36)24(13-16)42-6/h8,14-16,19,23-25,27,32,34,36H,7,9-13H2,1-6H3,(H,33,38)(H,39,40)/b17-8+,18-14+/t16-,19+,23+,24+,25+,27-/m1/s1. The fourth-order valence-electron chi connectivity index (χ4n) is 5.34. The van der Waals surface area contributed by atoms with Crippen LogP contribution < -0.4 is 16.0 Å². The van der Waals surface area contributed by atoms with Crippen molar-refractivity contribution in [1.82, 2.24) is 16.0 Å². The summed E-state index contributed by atoms with van der Waals surface area (Å²) in [6.07, 6.45) is 2.10. The molecule has 0 radical (unpaired) electrons. The van der Waals surface area contributed by atoms with Crippen molar-refractivity contribution in [3.8, 4) is 0 Å². The van der Waals surface area contributed by atoms with Gasteiger partial charge in [0.05, 0.1) is 35.7 Å². The molecule has 0 unspecified atom stereocenters. The Morgan fingerprint density at radius 1 is 1.14 bits per heavy atom. The van der Waals surface area contributed by atoms with E-state index in [4.69, 9.17) is 9.47 Å². The predicted octanol–water partition coefficient (Wildman–Crippen LogP) is 2.72. The van der Waals surface area contributed by atoms with E-state index in [9.17, 15) is 33.8 Å². The minimum atomic E-state index is -1.23. The number of amides is 2. The number of nitrogens with one attached hydrogen (secondary N) is 3. The highest BCUT2D eigenvalue weighted by Crippen LogP contribution is 2.28. The quantitative estimate of drug-likeness (QED) is 0.230. The zero-order valence-corrected chi connectivity index (χ0v) is 25.2. The SMILES string of the molecule is CO[C@H]1C[C@H](C)CC2=C(NCCF)C(=O)C=C(NC(=O)/C(C)=C/CC[C@H](OC)[C@@H](NC(=O)O)/C(C)=C/[C@H](C)[C@H]1O)C2=O. The van der Waals surface area contributed by atoms with E-state index in [1.807, 2.05) is 6.92 Å². The molecule has 2 rings (SSSR count). The minimum Gasteiger partial charge on any atom is -0.465 e. The smallest absolute Gasteiger partial charge is 0.405 e. The molecule has 0 spiro atoms. The molecule has 1 aliphatic heterocycles. The number of ether oxygens (including phenoxy) is 2. The fraction of sp³-hybridized carbons (Fsp3) is 0.600. The first-order valence-corrected chi connectivity index (χ1v) is 14.1. The fourth-order valence-corrected chi connectivity index (χ4v) is 5.34. The highest BCUT2D eigenvalue weighted by Gasteiger charge is 2.33. The number of aliphatic hydroxyl groups excluding tert-OH is 1. The van der Waals surface area contributed by atoms with Crippen LogP contribution in [-0.2, 0) is 23.9 Å². The molecule has 11 nitrogen and oxygen atoms in total. The number of alkyl halides is 1. The van der Waals surface area contributed by atoms with Crippen molar-refractivity contribution >= 4 is 23.6 Å². The van der Waals surface area contributed by atoms with Gasteiger partial charge in [0.15, 0.2) is 0 Å². The lowest BCUT2D eigenvalue weighted by Gasteiger charge is -2.30. The number of carbonyl (C=O) groups is 4. The van der Waals surface area contributed by atoms with Gasteiger partial charge < -0.3 is 35.6 Å². The van der Waals surface area contributed by atoms with Crippen LogP contribution in [0.2, 0.25) is 0 Å². The molecule has 42 heavy (non-hydrogen) atoms. The Kier molecular flexibility index (Phi) is 13.5. The summed E-state index contributed by atoms with van der Waals surface area (Å²) in [7, 11) is 2.93. The Morgan fingerprint density at radius 3 is 2.40 bits per heavy atom. The zero-order valence-electron chi connectivity index (χ0n) is 25.2. The van der Waals surface area contributed by atoms with Crippen LogP contribution in [0.4, 0.5) is 9.18 Å². The van der Waals surface area contributed by atoms with Crippen molar-refractivity contribution in [3.05, 3.63) is 46.3 Å². The van der Waals surface area contributed by atoms with Gasteiger partial charge in [0.25, 0.3) is 5.91 Å². The van der Waals surface area contributed by atoms with Gasteiger partial charge in [-0.15, -0.1) is 0 Å². The Morgan fingerprint density at radius 2 is 1.81 bits per heavy atom. The topological polar surface area (TPSA) is 163 Å². The first-order chi connectivity index (χ1) is 19.8. The number of halogens is 1. The summed E-state index contributed by atoms with van der Waals surface area (Å²) in [6.45, 7) is 6.04. The average Bonchev–Trinajstić information content (AvgIpc) is 2.94. The lowest BCUT2D eigenvalue weighted by atomic mass is 9.85. The van der Waals surface area contributed by atoms with Crippen LogP contribution in [0.15, 0.2) is 46.3 Å². The lowest BCUT2D eigenvalue weighted by Crippen LogP contribution is -2.45. The Balaban J connectivity index is 2.56. The highest BCUT2D eigenvalue weighted by molar-refractivity contribution is 6.23. The van der Waals surface area contributed by atoms with Crippen molar-refractivity contribution in [2.45, 2.75) is 77.7 Å². The third-order valence-electron chi connectivity index (χ3n) is 7.63. The molecule has 0 aromatic heterocycles. The number of hydrogen-bond donors (Lipinski definition) is 5. The molecule has 5 N–H and O–H groups in total. The van der Waals surface area contributed by atoms with Gasteiger partial charge >= 0.3 is 6.09 Å². The number of methoxy groups -OCH3 is 2. The Hall–Kier alpha value is -3.35. The maximum Gasteiger partial charge on any atom is 0.405 e. The molecule has 2 bridgehead atoms. The molecule has 234 valence electrons. The molecule has 12 heteroatoms. The van der Waals surface area contributed by atoms with Crippen LogP contribution in [-0.4, -0.2) is 85.6 Å². The van der Waals surface area contributed by atoms with E-state index >= 15 is 0 Å². The van der Waals surface area contributed by atoms with E-state index in [0.29, 0.717) is 30.4 Å². The number of fused-ring (bicyclic) bond motifs is 2. The first-order valence-electron chi connectivity index (χ1n) is 14.1. The number of ketones is 2. The summed E-state index contributed by atoms with van der Waals surface area (Å²) in [4.78, 5) is 51.0. The molecule has 1 aliphatic carbocycles. The number of rotatable bonds is 6. The number of carbonyl (C=O) groups excluding carboxylic acids is 3. The third kappa shape index (κ3) is 9.33. The van der Waals surface area contributed by atoms with Crippen molar-refractivity contribution in [2.24, 2.45) is 11.8 Å². The van der Waals surface area contributed by atoms with E-state index in [-0.39, 0.29) is 35.9 Å². The first kappa shape index (κ1) is 34.8. The van der Waals surface area contributed by atoms with Gasteiger partial charge in [0.2, 0.25) is 11.6 Å². The number of Topliss-reactive ketones (excluding diaryl/α,β-unsaturated/α-hetero) is 1. The molecular formula is C30H44FN3O8. The summed E-state index contributed by atoms with van der Waals surface area (Å²) in [5, 5.41) is 28.4. The Labute approximate surface area is 246 Å². The third-order valence-corrected chi connectivity index (χ3v) is 7.63. The minimum absolute atomic E-state index is 0.00956. The summed E-state index contributed by atoms with van der Waals surface area (Å²) in [5.74, 6) is -2.39.